The molecular formula is C13H15N3S. The number of nitriles is 1. The van der Waals surface area contributed by atoms with Crippen molar-refractivity contribution in [2.45, 2.75) is 13.3 Å². The first kappa shape index (κ1) is 12.0. The summed E-state index contributed by atoms with van der Waals surface area (Å²) >= 11 is 1.77. The van der Waals surface area contributed by atoms with Gasteiger partial charge >= 0.3 is 0 Å². The topological polar surface area (TPSA) is 48.2 Å². The summed E-state index contributed by atoms with van der Waals surface area (Å²) in [5.41, 5.74) is 2.08. The quantitative estimate of drug-likeness (QED) is 0.871. The van der Waals surface area contributed by atoms with Crippen molar-refractivity contribution in [1.82, 2.24) is 0 Å². The molecule has 0 saturated heterocycles. The van der Waals surface area contributed by atoms with Crippen molar-refractivity contribution in [3.8, 4) is 6.07 Å². The molecule has 0 aliphatic carbocycles. The molecule has 88 valence electrons. The molecular weight excluding hydrogens is 230 g/mol. The fraction of sp³-hybridized carbons (Fsp3) is 0.385. The second-order valence-electron chi connectivity index (χ2n) is 4.22. The zero-order chi connectivity index (χ0) is 12.1. The highest BCUT2D eigenvalue weighted by atomic mass is 32.2. The number of benzene rings is 1. The van der Waals surface area contributed by atoms with Gasteiger partial charge in [0.1, 0.15) is 0 Å². The first-order valence-corrected chi connectivity index (χ1v) is 6.66. The van der Waals surface area contributed by atoms with Gasteiger partial charge in [-0.05, 0) is 23.6 Å². The molecule has 17 heavy (non-hydrogen) atoms. The fourth-order valence-corrected chi connectivity index (χ4v) is 2.46. The molecule has 1 aliphatic heterocycles. The van der Waals surface area contributed by atoms with E-state index < -0.39 is 0 Å². The van der Waals surface area contributed by atoms with Crippen LogP contribution in [0.1, 0.15) is 12.5 Å². The summed E-state index contributed by atoms with van der Waals surface area (Å²) in [7, 11) is 0. The van der Waals surface area contributed by atoms with Gasteiger partial charge < -0.3 is 5.32 Å². The molecule has 0 bridgehead atoms. The Labute approximate surface area is 106 Å². The van der Waals surface area contributed by atoms with Gasteiger partial charge in [-0.3, -0.25) is 4.99 Å². The molecule has 1 N–H and O–H groups in total. The van der Waals surface area contributed by atoms with E-state index in [1.165, 1.54) is 0 Å². The van der Waals surface area contributed by atoms with Gasteiger partial charge in [0.15, 0.2) is 5.17 Å². The van der Waals surface area contributed by atoms with E-state index in [-0.39, 0.29) is 0 Å². The smallest absolute Gasteiger partial charge is 0.161 e. The summed E-state index contributed by atoms with van der Waals surface area (Å²) in [4.78, 5) is 4.48. The minimum atomic E-state index is 0.466. The van der Waals surface area contributed by atoms with E-state index >= 15 is 0 Å². The Hall–Kier alpha value is -1.47. The maximum absolute atomic E-state index is 8.59. The minimum Gasteiger partial charge on any atom is -0.335 e. The van der Waals surface area contributed by atoms with Crippen LogP contribution in [0.3, 0.4) is 0 Å². The van der Waals surface area contributed by atoms with Crippen LogP contribution in [0.5, 0.6) is 0 Å². The summed E-state index contributed by atoms with van der Waals surface area (Å²) < 4.78 is 0. The number of nitrogens with zero attached hydrogens (tertiary/aromatic N) is 2. The van der Waals surface area contributed by atoms with E-state index in [1.807, 2.05) is 24.3 Å². The van der Waals surface area contributed by atoms with Gasteiger partial charge in [0.25, 0.3) is 0 Å². The number of hydrogen-bond donors (Lipinski definition) is 1. The van der Waals surface area contributed by atoms with Crippen LogP contribution >= 0.6 is 11.8 Å². The Morgan fingerprint density at radius 2 is 2.24 bits per heavy atom. The second kappa shape index (κ2) is 5.74. The van der Waals surface area contributed by atoms with E-state index in [0.717, 1.165) is 28.7 Å². The van der Waals surface area contributed by atoms with Gasteiger partial charge in [-0.25, -0.2) is 0 Å². The lowest BCUT2D eigenvalue weighted by atomic mass is 10.1. The molecule has 0 saturated carbocycles. The minimum absolute atomic E-state index is 0.466. The van der Waals surface area contributed by atoms with Crippen molar-refractivity contribution >= 4 is 22.6 Å². The average molecular weight is 245 g/mol. The predicted molar refractivity (Wildman–Crippen MR) is 73.3 cm³/mol. The van der Waals surface area contributed by atoms with Crippen LogP contribution in [-0.4, -0.2) is 17.5 Å². The third-order valence-corrected chi connectivity index (χ3v) is 3.78. The number of nitrogens with one attached hydrogen (secondary N) is 1. The highest BCUT2D eigenvalue weighted by Gasteiger charge is 2.11. The van der Waals surface area contributed by atoms with Gasteiger partial charge in [0.05, 0.1) is 12.5 Å². The maximum atomic E-state index is 8.59. The van der Waals surface area contributed by atoms with Gasteiger partial charge in [-0.15, -0.1) is 0 Å². The highest BCUT2D eigenvalue weighted by Crippen LogP contribution is 2.19. The molecule has 0 radical (unpaired) electrons. The number of hydrogen-bond acceptors (Lipinski definition) is 4. The Balaban J connectivity index is 1.97. The van der Waals surface area contributed by atoms with Gasteiger partial charge in [-0.1, -0.05) is 30.8 Å². The Bertz CT molecular complexity index is 445. The number of anilines is 1. The van der Waals surface area contributed by atoms with E-state index in [2.05, 4.69) is 23.3 Å². The molecule has 1 unspecified atom stereocenters. The molecule has 0 fully saturated rings. The average Bonchev–Trinajstić information content (AvgIpc) is 2.35. The molecule has 3 nitrogen and oxygen atoms in total. The largest absolute Gasteiger partial charge is 0.335 e. The molecule has 4 heteroatoms. The lowest BCUT2D eigenvalue weighted by molar-refractivity contribution is 0.674. The van der Waals surface area contributed by atoms with Crippen molar-refractivity contribution in [1.29, 1.82) is 5.26 Å². The summed E-state index contributed by atoms with van der Waals surface area (Å²) in [5, 5.41) is 12.9. The summed E-state index contributed by atoms with van der Waals surface area (Å²) in [5.74, 6) is 1.79. The van der Waals surface area contributed by atoms with Crippen LogP contribution in [0.4, 0.5) is 5.69 Å². The first-order valence-electron chi connectivity index (χ1n) is 5.68. The van der Waals surface area contributed by atoms with E-state index in [0.29, 0.717) is 12.3 Å². The Kier molecular flexibility index (Phi) is 4.05. The fourth-order valence-electron chi connectivity index (χ4n) is 1.55. The molecule has 1 aromatic rings. The van der Waals surface area contributed by atoms with E-state index in [1.54, 1.807) is 11.8 Å². The second-order valence-corrected chi connectivity index (χ2v) is 5.23. The van der Waals surface area contributed by atoms with Crippen molar-refractivity contribution in [2.75, 3.05) is 17.6 Å². The van der Waals surface area contributed by atoms with Crippen molar-refractivity contribution < 1.29 is 0 Å². The van der Waals surface area contributed by atoms with Crippen LogP contribution in [0.2, 0.25) is 0 Å². The summed E-state index contributed by atoms with van der Waals surface area (Å²) in [6, 6.07) is 10.1. The lowest BCUT2D eigenvalue weighted by Crippen LogP contribution is -2.18. The molecule has 0 aromatic heterocycles. The number of rotatable bonds is 2. The molecule has 1 heterocycles. The number of amidine groups is 1. The Morgan fingerprint density at radius 1 is 1.47 bits per heavy atom. The molecule has 2 rings (SSSR count). The number of aliphatic imine (C=N–C) groups is 1. The molecule has 0 spiro atoms. The van der Waals surface area contributed by atoms with Crippen LogP contribution in [0, 0.1) is 17.2 Å². The maximum Gasteiger partial charge on any atom is 0.161 e. The van der Waals surface area contributed by atoms with Crippen LogP contribution in [0.15, 0.2) is 29.3 Å². The molecule has 1 aliphatic rings. The third-order valence-electron chi connectivity index (χ3n) is 2.54. The SMILES string of the molecule is CC1CN=C(Nc2ccc(CC#N)cc2)SC1. The summed E-state index contributed by atoms with van der Waals surface area (Å²) in [6.45, 7) is 3.12. The van der Waals surface area contributed by atoms with Crippen LogP contribution in [0.25, 0.3) is 0 Å². The van der Waals surface area contributed by atoms with Gasteiger partial charge in [0.2, 0.25) is 0 Å². The monoisotopic (exact) mass is 245 g/mol. The van der Waals surface area contributed by atoms with Crippen molar-refractivity contribution in [3.63, 3.8) is 0 Å². The van der Waals surface area contributed by atoms with Gasteiger partial charge in [-0.2, -0.15) is 5.26 Å². The summed E-state index contributed by atoms with van der Waals surface area (Å²) in [6.07, 6.45) is 0.466. The lowest BCUT2D eigenvalue weighted by Gasteiger charge is -2.17. The molecule has 0 amide bonds. The van der Waals surface area contributed by atoms with E-state index in [4.69, 9.17) is 5.26 Å². The Morgan fingerprint density at radius 3 is 2.82 bits per heavy atom. The van der Waals surface area contributed by atoms with Crippen LogP contribution < -0.4 is 5.32 Å². The number of thioether (sulfide) groups is 1. The van der Waals surface area contributed by atoms with Gasteiger partial charge in [0, 0.05) is 18.0 Å². The zero-order valence-electron chi connectivity index (χ0n) is 9.81. The zero-order valence-corrected chi connectivity index (χ0v) is 10.6. The molecule has 1 aromatic carbocycles. The standard InChI is InChI=1S/C13H15N3S/c1-10-8-15-13(17-9-10)16-12-4-2-11(3-5-12)6-7-14/h2-5,10H,6,8-9H2,1H3,(H,15,16). The predicted octanol–water partition coefficient (Wildman–Crippen LogP) is 2.90. The highest BCUT2D eigenvalue weighted by molar-refractivity contribution is 8.14. The van der Waals surface area contributed by atoms with Crippen molar-refractivity contribution in [3.05, 3.63) is 29.8 Å². The van der Waals surface area contributed by atoms with Crippen molar-refractivity contribution in [2.24, 2.45) is 10.9 Å². The van der Waals surface area contributed by atoms with E-state index in [9.17, 15) is 0 Å². The molecule has 1 atom stereocenters. The third kappa shape index (κ3) is 3.50. The first-order chi connectivity index (χ1) is 8.28. The normalized spacial score (nSPS) is 19.3. The van der Waals surface area contributed by atoms with Crippen LogP contribution in [-0.2, 0) is 6.42 Å².